The Morgan fingerprint density at radius 1 is 1.50 bits per heavy atom. The van der Waals surface area contributed by atoms with E-state index >= 15 is 0 Å². The molecule has 0 aliphatic rings. The highest BCUT2D eigenvalue weighted by molar-refractivity contribution is 7.15. The summed E-state index contributed by atoms with van der Waals surface area (Å²) in [4.78, 5) is 29.8. The number of H-pyrrole nitrogens is 1. The van der Waals surface area contributed by atoms with Crippen molar-refractivity contribution in [3.63, 3.8) is 0 Å². The van der Waals surface area contributed by atoms with E-state index in [1.54, 1.807) is 6.20 Å². The molecule has 0 bridgehead atoms. The molecular weight excluding hydrogens is 252 g/mol. The van der Waals surface area contributed by atoms with Crippen molar-refractivity contribution in [1.29, 1.82) is 0 Å². The highest BCUT2D eigenvalue weighted by Gasteiger charge is 2.03. The predicted molar refractivity (Wildman–Crippen MR) is 71.3 cm³/mol. The molecule has 0 aliphatic carbocycles. The first-order valence-electron chi connectivity index (χ1n) is 5.67. The molecular formula is C11H14N4O2S. The minimum atomic E-state index is -0.404. The standard InChI is InChI=1S/C11H14N4O2S/c1-2-4-12-10-13-6-8(18-10)7-15-5-3-9(16)14-11(15)17/h3,5-6H,2,4,7H2,1H3,(H,12,13)(H,14,16,17). The van der Waals surface area contributed by atoms with Gasteiger partial charge in [0.05, 0.1) is 6.54 Å². The van der Waals surface area contributed by atoms with Gasteiger partial charge in [0.15, 0.2) is 5.13 Å². The van der Waals surface area contributed by atoms with Gasteiger partial charge in [0.2, 0.25) is 0 Å². The minimum absolute atomic E-state index is 0.383. The van der Waals surface area contributed by atoms with Crippen LogP contribution in [0.1, 0.15) is 18.2 Å². The lowest BCUT2D eigenvalue weighted by Gasteiger charge is -2.01. The summed E-state index contributed by atoms with van der Waals surface area (Å²) in [5.41, 5.74) is -0.787. The summed E-state index contributed by atoms with van der Waals surface area (Å²) in [6.07, 6.45) is 4.26. The van der Waals surface area contributed by atoms with Crippen LogP contribution in [-0.2, 0) is 6.54 Å². The predicted octanol–water partition coefficient (Wildman–Crippen LogP) is 0.863. The number of anilines is 1. The monoisotopic (exact) mass is 266 g/mol. The van der Waals surface area contributed by atoms with Crippen molar-refractivity contribution in [2.24, 2.45) is 0 Å². The molecule has 0 atom stereocenters. The highest BCUT2D eigenvalue weighted by Crippen LogP contribution is 2.18. The third-order valence-electron chi connectivity index (χ3n) is 2.30. The molecule has 96 valence electrons. The second-order valence-electron chi connectivity index (χ2n) is 3.80. The van der Waals surface area contributed by atoms with Crippen molar-refractivity contribution in [3.8, 4) is 0 Å². The molecule has 0 saturated heterocycles. The van der Waals surface area contributed by atoms with Gasteiger partial charge in [-0.25, -0.2) is 9.78 Å². The topological polar surface area (TPSA) is 79.8 Å². The lowest BCUT2D eigenvalue weighted by atomic mass is 10.5. The second kappa shape index (κ2) is 5.63. The number of aromatic nitrogens is 3. The van der Waals surface area contributed by atoms with Crippen molar-refractivity contribution in [3.05, 3.63) is 44.2 Å². The molecule has 0 spiro atoms. The first-order valence-corrected chi connectivity index (χ1v) is 6.49. The number of hydrogen-bond donors (Lipinski definition) is 2. The second-order valence-corrected chi connectivity index (χ2v) is 4.91. The van der Waals surface area contributed by atoms with Crippen molar-refractivity contribution in [2.45, 2.75) is 19.9 Å². The Kier molecular flexibility index (Phi) is 3.93. The molecule has 0 amide bonds. The number of thiazole rings is 1. The van der Waals surface area contributed by atoms with Crippen LogP contribution in [0, 0.1) is 0 Å². The third-order valence-corrected chi connectivity index (χ3v) is 3.24. The van der Waals surface area contributed by atoms with E-state index in [0.717, 1.165) is 23.0 Å². The van der Waals surface area contributed by atoms with Gasteiger partial charge in [-0.3, -0.25) is 14.3 Å². The van der Waals surface area contributed by atoms with E-state index in [4.69, 9.17) is 0 Å². The van der Waals surface area contributed by atoms with Crippen LogP contribution in [-0.4, -0.2) is 21.1 Å². The molecule has 2 aromatic rings. The summed E-state index contributed by atoms with van der Waals surface area (Å²) in [6.45, 7) is 3.38. The summed E-state index contributed by atoms with van der Waals surface area (Å²) in [7, 11) is 0. The molecule has 2 rings (SSSR count). The number of aromatic amines is 1. The fourth-order valence-corrected chi connectivity index (χ4v) is 2.27. The number of nitrogens with one attached hydrogen (secondary N) is 2. The normalized spacial score (nSPS) is 10.5. The smallest absolute Gasteiger partial charge is 0.328 e. The minimum Gasteiger partial charge on any atom is -0.362 e. The fraction of sp³-hybridized carbons (Fsp3) is 0.364. The number of hydrogen-bond acceptors (Lipinski definition) is 5. The van der Waals surface area contributed by atoms with Crippen molar-refractivity contribution in [2.75, 3.05) is 11.9 Å². The number of rotatable bonds is 5. The zero-order chi connectivity index (χ0) is 13.0. The van der Waals surface area contributed by atoms with Crippen LogP contribution in [0.25, 0.3) is 0 Å². The van der Waals surface area contributed by atoms with Gasteiger partial charge >= 0.3 is 5.69 Å². The Morgan fingerprint density at radius 3 is 3.06 bits per heavy atom. The van der Waals surface area contributed by atoms with Gasteiger partial charge in [0.1, 0.15) is 0 Å². The molecule has 0 aliphatic heterocycles. The van der Waals surface area contributed by atoms with Crippen LogP contribution in [0.4, 0.5) is 5.13 Å². The van der Waals surface area contributed by atoms with Gasteiger partial charge in [0.25, 0.3) is 5.56 Å². The Labute approximate surface area is 107 Å². The zero-order valence-electron chi connectivity index (χ0n) is 9.97. The van der Waals surface area contributed by atoms with Gasteiger partial charge in [-0.15, -0.1) is 11.3 Å². The summed E-state index contributed by atoms with van der Waals surface area (Å²) in [5, 5.41) is 4.04. The van der Waals surface area contributed by atoms with Gasteiger partial charge in [-0.05, 0) is 6.42 Å². The summed E-state index contributed by atoms with van der Waals surface area (Å²) in [5.74, 6) is 0. The average molecular weight is 266 g/mol. The van der Waals surface area contributed by atoms with Gasteiger partial charge < -0.3 is 5.32 Å². The molecule has 6 nitrogen and oxygen atoms in total. The molecule has 0 fully saturated rings. The van der Waals surface area contributed by atoms with Crippen LogP contribution in [0.3, 0.4) is 0 Å². The first-order chi connectivity index (χ1) is 8.69. The van der Waals surface area contributed by atoms with E-state index in [2.05, 4.69) is 22.2 Å². The van der Waals surface area contributed by atoms with Crippen LogP contribution < -0.4 is 16.6 Å². The molecule has 18 heavy (non-hydrogen) atoms. The first kappa shape index (κ1) is 12.6. The summed E-state index contributed by atoms with van der Waals surface area (Å²) < 4.78 is 1.44. The molecule has 0 aromatic carbocycles. The van der Waals surface area contributed by atoms with E-state index in [-0.39, 0.29) is 5.56 Å². The molecule has 0 unspecified atom stereocenters. The molecule has 2 heterocycles. The largest absolute Gasteiger partial charge is 0.362 e. The molecule has 0 saturated carbocycles. The fourth-order valence-electron chi connectivity index (χ4n) is 1.43. The third kappa shape index (κ3) is 3.07. The van der Waals surface area contributed by atoms with Crippen molar-refractivity contribution >= 4 is 16.5 Å². The van der Waals surface area contributed by atoms with E-state index in [0.29, 0.717) is 6.54 Å². The zero-order valence-corrected chi connectivity index (χ0v) is 10.8. The molecule has 7 heteroatoms. The van der Waals surface area contributed by atoms with Gasteiger partial charge in [-0.2, -0.15) is 0 Å². The van der Waals surface area contributed by atoms with Crippen molar-refractivity contribution in [1.82, 2.24) is 14.5 Å². The summed E-state index contributed by atoms with van der Waals surface area (Å²) >= 11 is 1.51. The van der Waals surface area contributed by atoms with E-state index in [1.807, 2.05) is 0 Å². The van der Waals surface area contributed by atoms with Crippen LogP contribution >= 0.6 is 11.3 Å². The van der Waals surface area contributed by atoms with Crippen molar-refractivity contribution < 1.29 is 0 Å². The van der Waals surface area contributed by atoms with Crippen LogP contribution in [0.2, 0.25) is 0 Å². The van der Waals surface area contributed by atoms with E-state index in [9.17, 15) is 9.59 Å². The SMILES string of the molecule is CCCNc1ncc(Cn2ccc(=O)[nH]c2=O)s1. The lowest BCUT2D eigenvalue weighted by Crippen LogP contribution is -2.28. The Hall–Kier alpha value is -1.89. The van der Waals surface area contributed by atoms with Crippen LogP contribution in [0.15, 0.2) is 28.0 Å². The average Bonchev–Trinajstić information content (AvgIpc) is 2.78. The Balaban J connectivity index is 2.11. The maximum absolute atomic E-state index is 11.5. The van der Waals surface area contributed by atoms with E-state index in [1.165, 1.54) is 28.2 Å². The maximum Gasteiger partial charge on any atom is 0.328 e. The number of nitrogens with zero attached hydrogens (tertiary/aromatic N) is 2. The highest BCUT2D eigenvalue weighted by atomic mass is 32.1. The Morgan fingerprint density at radius 2 is 2.33 bits per heavy atom. The van der Waals surface area contributed by atoms with Gasteiger partial charge in [0, 0.05) is 29.9 Å². The van der Waals surface area contributed by atoms with Gasteiger partial charge in [-0.1, -0.05) is 6.92 Å². The van der Waals surface area contributed by atoms with Crippen LogP contribution in [0.5, 0.6) is 0 Å². The van der Waals surface area contributed by atoms with E-state index < -0.39 is 5.69 Å². The quantitative estimate of drug-likeness (QED) is 0.841. The lowest BCUT2D eigenvalue weighted by molar-refractivity contribution is 0.727. The summed E-state index contributed by atoms with van der Waals surface area (Å²) in [6, 6.07) is 1.33. The molecule has 2 aromatic heterocycles. The molecule has 0 radical (unpaired) electrons. The molecule has 2 N–H and O–H groups in total. The Bertz CT molecular complexity index is 628. The maximum atomic E-state index is 11.5.